The van der Waals surface area contributed by atoms with Crippen LogP contribution in [0.25, 0.3) is 0 Å². The van der Waals surface area contributed by atoms with E-state index in [0.717, 1.165) is 44.2 Å². The molecule has 3 aromatic rings. The predicted octanol–water partition coefficient (Wildman–Crippen LogP) is 4.92. The first-order valence-corrected chi connectivity index (χ1v) is 14.9. The largest absolute Gasteiger partial charge is 0.493 e. The van der Waals surface area contributed by atoms with Gasteiger partial charge in [0.25, 0.3) is 5.91 Å². The molecule has 1 fully saturated rings. The van der Waals surface area contributed by atoms with E-state index in [9.17, 15) is 14.7 Å². The van der Waals surface area contributed by atoms with Crippen LogP contribution in [-0.4, -0.2) is 55.3 Å². The fourth-order valence-corrected chi connectivity index (χ4v) is 5.09. The first kappa shape index (κ1) is 30.3. The minimum absolute atomic E-state index is 0.0541. The molecule has 3 aromatic carbocycles. The second-order valence-electron chi connectivity index (χ2n) is 10.7. The van der Waals surface area contributed by atoms with E-state index in [0.29, 0.717) is 49.5 Å². The average molecular weight is 558 g/mol. The second kappa shape index (κ2) is 15.9. The Labute approximate surface area is 243 Å². The second-order valence-corrected chi connectivity index (χ2v) is 10.7. The summed E-state index contributed by atoms with van der Waals surface area (Å²) in [4.78, 5) is 27.9. The van der Waals surface area contributed by atoms with Crippen molar-refractivity contribution in [2.75, 3.05) is 31.1 Å². The molecule has 2 amide bonds. The number of hydrogen-bond donors (Lipinski definition) is 3. The number of ether oxygens (including phenoxy) is 1. The SMILES string of the molecule is CCCCCOc1cc(C(=O)N[C@@H](Cc2ccccc2)[C@@H](O)CNCCc2ccccc2)cc(N2CCCC2=O)c1. The first-order valence-electron chi connectivity index (χ1n) is 14.9. The highest BCUT2D eigenvalue weighted by atomic mass is 16.5. The molecule has 3 N–H and O–H groups in total. The number of anilines is 1. The Morgan fingerprint density at radius 2 is 1.73 bits per heavy atom. The number of unbranched alkanes of at least 4 members (excludes halogenated alkanes) is 2. The van der Waals surface area contributed by atoms with E-state index in [4.69, 9.17) is 4.74 Å². The zero-order valence-electron chi connectivity index (χ0n) is 24.1. The van der Waals surface area contributed by atoms with Gasteiger partial charge in [0.2, 0.25) is 5.91 Å². The van der Waals surface area contributed by atoms with Gasteiger partial charge in [-0.2, -0.15) is 0 Å². The van der Waals surface area contributed by atoms with Crippen LogP contribution in [0.4, 0.5) is 5.69 Å². The number of nitrogens with zero attached hydrogens (tertiary/aromatic N) is 1. The van der Waals surface area contributed by atoms with Crippen molar-refractivity contribution in [3.8, 4) is 5.75 Å². The summed E-state index contributed by atoms with van der Waals surface area (Å²) < 4.78 is 6.01. The molecule has 4 rings (SSSR count). The Balaban J connectivity index is 1.47. The van der Waals surface area contributed by atoms with Crippen molar-refractivity contribution in [1.29, 1.82) is 0 Å². The molecule has 2 atom stereocenters. The van der Waals surface area contributed by atoms with Crippen LogP contribution in [0.1, 0.15) is 60.5 Å². The smallest absolute Gasteiger partial charge is 0.251 e. The lowest BCUT2D eigenvalue weighted by Crippen LogP contribution is -2.49. The van der Waals surface area contributed by atoms with Gasteiger partial charge in [0.1, 0.15) is 5.75 Å². The summed E-state index contributed by atoms with van der Waals surface area (Å²) in [5, 5.41) is 17.6. The molecule has 1 aliphatic rings. The Morgan fingerprint density at radius 1 is 1.00 bits per heavy atom. The van der Waals surface area contributed by atoms with E-state index < -0.39 is 12.1 Å². The number of hydrogen-bond acceptors (Lipinski definition) is 5. The number of aliphatic hydroxyl groups excluding tert-OH is 1. The minimum Gasteiger partial charge on any atom is -0.493 e. The van der Waals surface area contributed by atoms with Crippen LogP contribution >= 0.6 is 0 Å². The third-order valence-electron chi connectivity index (χ3n) is 7.42. The summed E-state index contributed by atoms with van der Waals surface area (Å²) in [7, 11) is 0. The summed E-state index contributed by atoms with van der Waals surface area (Å²) in [6.07, 6.45) is 4.92. The molecule has 1 aliphatic heterocycles. The van der Waals surface area contributed by atoms with Gasteiger partial charge in [0, 0.05) is 36.8 Å². The van der Waals surface area contributed by atoms with Gasteiger partial charge in [-0.25, -0.2) is 0 Å². The maximum atomic E-state index is 13.6. The summed E-state index contributed by atoms with van der Waals surface area (Å²) in [6, 6.07) is 24.9. The van der Waals surface area contributed by atoms with E-state index >= 15 is 0 Å². The molecular weight excluding hydrogens is 514 g/mol. The lowest BCUT2D eigenvalue weighted by atomic mass is 10.00. The standard InChI is InChI=1S/C34H43N3O4/c1-2-3-10-20-41-30-23-28(22-29(24-30)37-19-11-16-33(37)39)34(40)36-31(21-27-14-8-5-9-15-27)32(38)25-35-18-17-26-12-6-4-7-13-26/h4-9,12-15,22-24,31-32,35,38H,2-3,10-11,16-21,25H2,1H3,(H,36,40)/t31-,32-/m0/s1. The van der Waals surface area contributed by atoms with Crippen molar-refractivity contribution in [3.63, 3.8) is 0 Å². The lowest BCUT2D eigenvalue weighted by molar-refractivity contribution is -0.117. The van der Waals surface area contributed by atoms with Crippen molar-refractivity contribution in [1.82, 2.24) is 10.6 Å². The van der Waals surface area contributed by atoms with E-state index in [-0.39, 0.29) is 11.8 Å². The lowest BCUT2D eigenvalue weighted by Gasteiger charge is -2.25. The Kier molecular flexibility index (Phi) is 11.8. The summed E-state index contributed by atoms with van der Waals surface area (Å²) in [5.74, 6) is 0.325. The molecule has 1 saturated heterocycles. The molecule has 1 heterocycles. The summed E-state index contributed by atoms with van der Waals surface area (Å²) in [5.41, 5.74) is 3.34. The van der Waals surface area contributed by atoms with Gasteiger partial charge in [-0.15, -0.1) is 0 Å². The third kappa shape index (κ3) is 9.44. The van der Waals surface area contributed by atoms with Gasteiger partial charge >= 0.3 is 0 Å². The van der Waals surface area contributed by atoms with Gasteiger partial charge in [0.15, 0.2) is 0 Å². The quantitative estimate of drug-likeness (QED) is 0.218. The highest BCUT2D eigenvalue weighted by molar-refractivity contribution is 5.99. The van der Waals surface area contributed by atoms with Gasteiger partial charge in [-0.3, -0.25) is 9.59 Å². The molecule has 7 nitrogen and oxygen atoms in total. The fourth-order valence-electron chi connectivity index (χ4n) is 5.09. The van der Waals surface area contributed by atoms with Crippen molar-refractivity contribution >= 4 is 17.5 Å². The monoisotopic (exact) mass is 557 g/mol. The number of carbonyl (C=O) groups is 2. The molecule has 0 bridgehead atoms. The first-order chi connectivity index (χ1) is 20.0. The van der Waals surface area contributed by atoms with Gasteiger partial charge in [-0.1, -0.05) is 80.4 Å². The van der Waals surface area contributed by atoms with Crippen molar-refractivity contribution in [2.45, 2.75) is 64.0 Å². The van der Waals surface area contributed by atoms with Gasteiger partial charge < -0.3 is 25.4 Å². The van der Waals surface area contributed by atoms with Gasteiger partial charge in [0.05, 0.1) is 18.8 Å². The molecule has 0 aliphatic carbocycles. The molecular formula is C34H43N3O4. The average Bonchev–Trinajstić information content (AvgIpc) is 3.43. The predicted molar refractivity (Wildman–Crippen MR) is 163 cm³/mol. The zero-order valence-corrected chi connectivity index (χ0v) is 24.1. The van der Waals surface area contributed by atoms with E-state index in [1.54, 1.807) is 17.0 Å². The Bertz CT molecular complexity index is 1240. The van der Waals surface area contributed by atoms with Crippen LogP contribution in [0.15, 0.2) is 78.9 Å². The van der Waals surface area contributed by atoms with Crippen molar-refractivity contribution in [2.24, 2.45) is 0 Å². The third-order valence-corrected chi connectivity index (χ3v) is 7.42. The molecule has 0 saturated carbocycles. The van der Waals surface area contributed by atoms with Crippen molar-refractivity contribution in [3.05, 3.63) is 95.6 Å². The number of aliphatic hydroxyl groups is 1. The topological polar surface area (TPSA) is 90.9 Å². The van der Waals surface area contributed by atoms with Crippen molar-refractivity contribution < 1.29 is 19.4 Å². The normalized spacial score (nSPS) is 14.6. The Hall–Kier alpha value is -3.68. The number of benzene rings is 3. The van der Waals surface area contributed by atoms with E-state index in [2.05, 4.69) is 29.7 Å². The van der Waals surface area contributed by atoms with E-state index in [1.165, 1.54) is 5.56 Å². The van der Waals surface area contributed by atoms with Crippen LogP contribution in [0, 0.1) is 0 Å². The highest BCUT2D eigenvalue weighted by Gasteiger charge is 2.26. The highest BCUT2D eigenvalue weighted by Crippen LogP contribution is 2.28. The number of amides is 2. The molecule has 0 aromatic heterocycles. The summed E-state index contributed by atoms with van der Waals surface area (Å²) >= 11 is 0. The zero-order chi connectivity index (χ0) is 28.9. The minimum atomic E-state index is -0.803. The van der Waals surface area contributed by atoms with Crippen LogP contribution in [0.2, 0.25) is 0 Å². The van der Waals surface area contributed by atoms with Crippen LogP contribution in [0.3, 0.4) is 0 Å². The number of rotatable bonds is 16. The van der Waals surface area contributed by atoms with Gasteiger partial charge in [-0.05, 0) is 55.5 Å². The molecule has 41 heavy (non-hydrogen) atoms. The van der Waals surface area contributed by atoms with Crippen LogP contribution in [0.5, 0.6) is 5.75 Å². The Morgan fingerprint density at radius 3 is 2.41 bits per heavy atom. The van der Waals surface area contributed by atoms with Crippen LogP contribution in [-0.2, 0) is 17.6 Å². The number of nitrogens with one attached hydrogen (secondary N) is 2. The molecule has 218 valence electrons. The summed E-state index contributed by atoms with van der Waals surface area (Å²) in [6.45, 7) is 4.39. The maximum Gasteiger partial charge on any atom is 0.251 e. The van der Waals surface area contributed by atoms with Crippen LogP contribution < -0.4 is 20.3 Å². The number of carbonyl (C=O) groups excluding carboxylic acids is 2. The molecule has 7 heteroatoms. The molecule has 0 unspecified atom stereocenters. The fraction of sp³-hybridized carbons (Fsp3) is 0.412. The maximum absolute atomic E-state index is 13.6. The molecule has 0 spiro atoms. The van der Waals surface area contributed by atoms with E-state index in [1.807, 2.05) is 54.6 Å². The molecule has 0 radical (unpaired) electrons.